The minimum absolute atomic E-state index is 0.0221. The Bertz CT molecular complexity index is 1630. The summed E-state index contributed by atoms with van der Waals surface area (Å²) in [5, 5.41) is 3.42. The molecule has 1 saturated heterocycles. The van der Waals surface area contributed by atoms with E-state index in [1.165, 1.54) is 5.32 Å². The molecule has 16 heteroatoms. The van der Waals surface area contributed by atoms with E-state index in [0.717, 1.165) is 16.7 Å². The van der Waals surface area contributed by atoms with E-state index in [0.29, 0.717) is 24.3 Å². The van der Waals surface area contributed by atoms with Crippen molar-refractivity contribution in [2.75, 3.05) is 40.5 Å². The van der Waals surface area contributed by atoms with E-state index in [4.69, 9.17) is 54.6 Å². The number of ether oxygens (including phenoxy) is 4. The van der Waals surface area contributed by atoms with E-state index in [1.807, 2.05) is 107 Å². The quantitative estimate of drug-likeness (QED) is 0.0223. The van der Waals surface area contributed by atoms with Crippen molar-refractivity contribution >= 4 is 33.7 Å². The van der Waals surface area contributed by atoms with Gasteiger partial charge < -0.3 is 38.2 Å². The van der Waals surface area contributed by atoms with Crippen LogP contribution in [0.25, 0.3) is 4.85 Å². The van der Waals surface area contributed by atoms with Gasteiger partial charge in [0.15, 0.2) is 5.11 Å². The summed E-state index contributed by atoms with van der Waals surface area (Å²) < 4.78 is 78.6. The zero-order chi connectivity index (χ0) is 40.9. The Morgan fingerprint density at radius 1 is 0.929 bits per heavy atom. The molecule has 1 heterocycles. The fraction of sp³-hybridized carbons (Fsp3) is 0.500. The number of hydrogen-bond donors (Lipinski definition) is 2. The minimum Gasteiger partial charge on any atom is -0.497 e. The van der Waals surface area contributed by atoms with Crippen molar-refractivity contribution in [1.29, 1.82) is 0 Å². The molecule has 2 N–H and O–H groups in total. The second kappa shape index (κ2) is 21.3. The maximum Gasteiger partial charge on any atom is 0.484 e. The largest absolute Gasteiger partial charge is 0.497 e. The molecule has 56 heavy (non-hydrogen) atoms. The van der Waals surface area contributed by atoms with Crippen molar-refractivity contribution in [1.82, 2.24) is 15.3 Å². The van der Waals surface area contributed by atoms with Crippen molar-refractivity contribution in [3.05, 3.63) is 107 Å². The van der Waals surface area contributed by atoms with Crippen LogP contribution in [0.5, 0.6) is 11.5 Å². The molecule has 5 atom stereocenters. The first-order valence-corrected chi connectivity index (χ1v) is 20.0. The fourth-order valence-electron chi connectivity index (χ4n) is 6.84. The number of methoxy groups -OCH3 is 2. The van der Waals surface area contributed by atoms with Gasteiger partial charge in [0, 0.05) is 30.5 Å². The summed E-state index contributed by atoms with van der Waals surface area (Å²) in [4.78, 5) is 3.47. The Morgan fingerprint density at radius 2 is 1.48 bits per heavy atom. The van der Waals surface area contributed by atoms with E-state index in [1.54, 1.807) is 14.2 Å². The van der Waals surface area contributed by atoms with Gasteiger partial charge in [-0.3, -0.25) is 5.32 Å². The number of benzene rings is 3. The smallest absolute Gasteiger partial charge is 0.484 e. The number of nitrogens with one attached hydrogen (secondary N) is 2. The Balaban J connectivity index is 1.75. The molecule has 1 fully saturated rings. The SMILES string of the molecule is [B][C@@H]1O[C@H](COC(c2ccccc2)(c2ccc(OC)cc2)c2ccc(OC)cc2)C(OP(OCC[N+]#[C-])N(C(C)C)C(C)C)[C@@H]1CCCNC(=S)NC(F)(F)F. The number of nitrogens with zero attached hydrogens (tertiary/aromatic N) is 2. The lowest BCUT2D eigenvalue weighted by molar-refractivity contribution is -0.141. The van der Waals surface area contributed by atoms with Crippen LogP contribution in [0.1, 0.15) is 57.2 Å². The minimum atomic E-state index is -4.65. The first-order chi connectivity index (χ1) is 26.7. The van der Waals surface area contributed by atoms with E-state index in [2.05, 4.69) is 14.8 Å². The molecule has 0 spiro atoms. The highest BCUT2D eigenvalue weighted by Gasteiger charge is 2.48. The molecule has 0 amide bonds. The van der Waals surface area contributed by atoms with Crippen molar-refractivity contribution in [2.24, 2.45) is 5.92 Å². The molecular weight excluding hydrogens is 763 g/mol. The van der Waals surface area contributed by atoms with Crippen molar-refractivity contribution in [3.8, 4) is 11.5 Å². The second-order valence-electron chi connectivity index (χ2n) is 13.7. The van der Waals surface area contributed by atoms with Crippen molar-refractivity contribution in [3.63, 3.8) is 0 Å². The van der Waals surface area contributed by atoms with Crippen LogP contribution in [-0.4, -0.2) is 94.7 Å². The maximum atomic E-state index is 12.8. The molecule has 2 unspecified atom stereocenters. The molecule has 2 radical (unpaired) electrons. The van der Waals surface area contributed by atoms with Gasteiger partial charge in [0.05, 0.1) is 26.9 Å². The van der Waals surface area contributed by atoms with Gasteiger partial charge in [0.1, 0.15) is 37.7 Å². The Kier molecular flexibility index (Phi) is 17.2. The number of alkyl halides is 3. The van der Waals surface area contributed by atoms with Crippen LogP contribution >= 0.6 is 20.7 Å². The van der Waals surface area contributed by atoms with E-state index < -0.39 is 49.7 Å². The van der Waals surface area contributed by atoms with Gasteiger partial charge in [0.2, 0.25) is 6.54 Å². The zero-order valence-electron chi connectivity index (χ0n) is 32.6. The average molecular weight is 815 g/mol. The highest BCUT2D eigenvalue weighted by Crippen LogP contribution is 2.51. The number of rotatable bonds is 20. The number of thiocarbonyl (C=S) groups is 1. The predicted molar refractivity (Wildman–Crippen MR) is 217 cm³/mol. The summed E-state index contributed by atoms with van der Waals surface area (Å²) in [7, 11) is 8.23. The molecule has 4 rings (SSSR count). The predicted octanol–water partition coefficient (Wildman–Crippen LogP) is 7.95. The summed E-state index contributed by atoms with van der Waals surface area (Å²) in [5.74, 6) is 0.962. The van der Waals surface area contributed by atoms with Gasteiger partial charge in [-0.25, -0.2) is 11.2 Å². The lowest BCUT2D eigenvalue weighted by atomic mass is 9.79. The molecule has 0 saturated carbocycles. The first-order valence-electron chi connectivity index (χ1n) is 18.5. The van der Waals surface area contributed by atoms with Crippen LogP contribution in [0.15, 0.2) is 78.9 Å². The maximum absolute atomic E-state index is 12.8. The number of halogens is 3. The zero-order valence-corrected chi connectivity index (χ0v) is 34.3. The van der Waals surface area contributed by atoms with Crippen LogP contribution in [0.2, 0.25) is 0 Å². The summed E-state index contributed by atoms with van der Waals surface area (Å²) in [6.07, 6.45) is -5.17. The van der Waals surface area contributed by atoms with Crippen molar-refractivity contribution < 1.29 is 41.2 Å². The van der Waals surface area contributed by atoms with E-state index in [-0.39, 0.29) is 38.4 Å². The third-order valence-corrected chi connectivity index (χ3v) is 11.7. The molecule has 0 bridgehead atoms. The van der Waals surface area contributed by atoms with Crippen LogP contribution in [0, 0.1) is 12.5 Å². The Morgan fingerprint density at radius 3 is 1.98 bits per heavy atom. The third kappa shape index (κ3) is 12.0. The molecule has 0 aliphatic carbocycles. The van der Waals surface area contributed by atoms with Crippen molar-refractivity contribution in [2.45, 2.75) is 82.7 Å². The topological polar surface area (TPSA) is 87.0 Å². The average Bonchev–Trinajstić information content (AvgIpc) is 3.46. The molecule has 3 aromatic carbocycles. The molecule has 1 aliphatic heterocycles. The van der Waals surface area contributed by atoms with Gasteiger partial charge in [-0.05, 0) is 93.7 Å². The standard InChI is InChI=1S/C40H51BF3N4O6PS/c1-27(2)48(28(3)4)55(52-25-24-45-5)54-36-34(14-11-23-46-38(56)47-40(42,43)44)37(41)53-35(36)26-51-39(29-12-9-8-10-13-29,30-15-19-32(49-6)20-16-30)31-17-21-33(50-7)22-18-31/h8-10,12-13,15-22,27-28,34-37H,11,14,23-26H2,1-4,6-7H3,(H2,46,47,56)/t34-,35+,36?,37+,55?/m0/s1. The molecule has 3 aromatic rings. The Hall–Kier alpha value is -3.48. The molecule has 10 nitrogen and oxygen atoms in total. The summed E-state index contributed by atoms with van der Waals surface area (Å²) >= 11 is 4.83. The van der Waals surface area contributed by atoms with Gasteiger partial charge in [-0.2, -0.15) is 13.2 Å². The van der Waals surface area contributed by atoms with Crippen LogP contribution < -0.4 is 20.1 Å². The summed E-state index contributed by atoms with van der Waals surface area (Å²) in [6.45, 7) is 16.0. The van der Waals surface area contributed by atoms with Gasteiger partial charge in [-0.15, -0.1) is 0 Å². The summed E-state index contributed by atoms with van der Waals surface area (Å²) in [6, 6.07) is 24.5. The highest BCUT2D eigenvalue weighted by molar-refractivity contribution is 7.80. The van der Waals surface area contributed by atoms with Crippen LogP contribution in [0.4, 0.5) is 13.2 Å². The Labute approximate surface area is 336 Å². The van der Waals surface area contributed by atoms with Crippen LogP contribution in [-0.2, 0) is 24.1 Å². The van der Waals surface area contributed by atoms with Gasteiger partial charge in [0.25, 0.3) is 8.53 Å². The molecule has 1 aliphatic rings. The summed E-state index contributed by atoms with van der Waals surface area (Å²) in [5.41, 5.74) is 1.36. The van der Waals surface area contributed by atoms with Gasteiger partial charge >= 0.3 is 6.30 Å². The molecule has 0 aromatic heterocycles. The monoisotopic (exact) mass is 814 g/mol. The van der Waals surface area contributed by atoms with Gasteiger partial charge in [-0.1, -0.05) is 54.6 Å². The normalized spacial score (nSPS) is 19.2. The van der Waals surface area contributed by atoms with Crippen LogP contribution in [0.3, 0.4) is 0 Å². The fourth-order valence-corrected chi connectivity index (χ4v) is 8.85. The second-order valence-corrected chi connectivity index (χ2v) is 15.5. The van der Waals surface area contributed by atoms with E-state index in [9.17, 15) is 13.2 Å². The molecule has 302 valence electrons. The third-order valence-electron chi connectivity index (χ3n) is 9.30. The lowest BCUT2D eigenvalue weighted by Gasteiger charge is -2.39. The molecular formula is C40H51BF3N4O6PS. The highest BCUT2D eigenvalue weighted by atomic mass is 32.1. The van der Waals surface area contributed by atoms with E-state index >= 15 is 0 Å². The lowest BCUT2D eigenvalue weighted by Crippen LogP contribution is -2.44. The first kappa shape index (κ1) is 45.2. The number of hydrogen-bond acceptors (Lipinski definition) is 8.